The zero-order valence-corrected chi connectivity index (χ0v) is 17.2. The molecule has 1 fully saturated rings. The number of alkyl halides is 2. The van der Waals surface area contributed by atoms with Crippen LogP contribution in [0, 0.1) is 0 Å². The third-order valence-corrected chi connectivity index (χ3v) is 5.04. The third-order valence-electron chi connectivity index (χ3n) is 5.04. The Bertz CT molecular complexity index is 721. The lowest BCUT2D eigenvalue weighted by molar-refractivity contribution is -0.0539. The third kappa shape index (κ3) is 4.72. The van der Waals surface area contributed by atoms with Crippen molar-refractivity contribution >= 4 is 18.7 Å². The number of amides is 1. The summed E-state index contributed by atoms with van der Waals surface area (Å²) < 4.78 is 42.0. The van der Waals surface area contributed by atoms with Gasteiger partial charge in [0.2, 0.25) is 5.88 Å². The number of hydrogen-bond donors (Lipinski definition) is 1. The van der Waals surface area contributed by atoms with Crippen LogP contribution in [0.5, 0.6) is 5.88 Å². The molecule has 0 atom stereocenters. The van der Waals surface area contributed by atoms with Crippen LogP contribution < -0.4 is 10.2 Å². The van der Waals surface area contributed by atoms with Crippen LogP contribution in [-0.2, 0) is 15.9 Å². The maximum absolute atomic E-state index is 12.8. The van der Waals surface area contributed by atoms with Gasteiger partial charge in [-0.15, -0.1) is 0 Å². The summed E-state index contributed by atoms with van der Waals surface area (Å²) in [6.45, 7) is 9.43. The molecule has 156 valence electrons. The van der Waals surface area contributed by atoms with Crippen molar-refractivity contribution in [2.45, 2.75) is 78.4 Å². The van der Waals surface area contributed by atoms with E-state index in [4.69, 9.17) is 9.31 Å². The van der Waals surface area contributed by atoms with Crippen molar-refractivity contribution < 1.29 is 32.7 Å². The lowest BCUT2D eigenvalue weighted by atomic mass is 9.79. The van der Waals surface area contributed by atoms with E-state index in [-0.39, 0.29) is 18.0 Å². The van der Waals surface area contributed by atoms with Crippen molar-refractivity contribution in [3.05, 3.63) is 17.8 Å². The highest BCUT2D eigenvalue weighted by Gasteiger charge is 2.52. The van der Waals surface area contributed by atoms with Gasteiger partial charge in [0.25, 0.3) is 0 Å². The van der Waals surface area contributed by atoms with E-state index < -0.39 is 36.6 Å². The molecule has 2 heterocycles. The van der Waals surface area contributed by atoms with Gasteiger partial charge >= 0.3 is 19.8 Å². The molecule has 1 aliphatic heterocycles. The van der Waals surface area contributed by atoms with E-state index in [1.165, 1.54) is 12.3 Å². The predicted molar refractivity (Wildman–Crippen MR) is 99.9 cm³/mol. The quantitative estimate of drug-likeness (QED) is 0.765. The van der Waals surface area contributed by atoms with Crippen LogP contribution >= 0.6 is 0 Å². The molecule has 0 unspecified atom stereocenters. The van der Waals surface area contributed by atoms with Crippen molar-refractivity contribution in [1.82, 2.24) is 9.88 Å². The van der Waals surface area contributed by atoms with E-state index in [2.05, 4.69) is 9.72 Å². The first kappa shape index (κ1) is 22.4. The second kappa shape index (κ2) is 7.48. The Kier molecular flexibility index (Phi) is 5.97. The Hall–Kier alpha value is -1.94. The number of pyridine rings is 1. The molecule has 28 heavy (non-hydrogen) atoms. The molecule has 2 rings (SSSR count). The van der Waals surface area contributed by atoms with Gasteiger partial charge in [0.15, 0.2) is 0 Å². The van der Waals surface area contributed by atoms with Crippen LogP contribution in [0.25, 0.3) is 0 Å². The van der Waals surface area contributed by atoms with Gasteiger partial charge in [-0.2, -0.15) is 8.78 Å². The monoisotopic (exact) mass is 400 g/mol. The van der Waals surface area contributed by atoms with Crippen molar-refractivity contribution in [1.29, 1.82) is 0 Å². The minimum atomic E-state index is -3.08. The molecule has 1 amide bonds. The summed E-state index contributed by atoms with van der Waals surface area (Å²) in [5.41, 5.74) is -1.24. The Morgan fingerprint density at radius 3 is 2.25 bits per heavy atom. The number of aromatic nitrogens is 1. The summed E-state index contributed by atoms with van der Waals surface area (Å²) in [6, 6.07) is 1.54. The maximum Gasteiger partial charge on any atom is 0.496 e. The van der Waals surface area contributed by atoms with Crippen molar-refractivity contribution in [3.63, 3.8) is 0 Å². The molecule has 0 radical (unpaired) electrons. The van der Waals surface area contributed by atoms with E-state index >= 15 is 0 Å². The molecule has 0 bridgehead atoms. The minimum Gasteiger partial charge on any atom is -0.465 e. The fourth-order valence-corrected chi connectivity index (χ4v) is 2.69. The highest BCUT2D eigenvalue weighted by atomic mass is 19.3. The standard InChI is InChI=1S/C18H27BF2N2O5/c1-16(2,3)23(15(24)25)10-11-8-12(9-22-13(11)26-14(20)21)19-27-17(4,5)18(6,7)28-19/h8-9,14H,10H2,1-7H3,(H,24,25). The van der Waals surface area contributed by atoms with Gasteiger partial charge in [0.05, 0.1) is 17.7 Å². The van der Waals surface area contributed by atoms with Crippen molar-refractivity contribution in [3.8, 4) is 5.88 Å². The van der Waals surface area contributed by atoms with E-state index in [9.17, 15) is 18.7 Å². The van der Waals surface area contributed by atoms with Gasteiger partial charge in [-0.05, 0) is 48.5 Å². The lowest BCUT2D eigenvalue weighted by Gasteiger charge is -2.33. The molecular formula is C18H27BF2N2O5. The molecule has 1 saturated heterocycles. The number of halogens is 2. The van der Waals surface area contributed by atoms with Crippen LogP contribution in [0.15, 0.2) is 12.3 Å². The van der Waals surface area contributed by atoms with E-state index in [0.717, 1.165) is 4.90 Å². The molecular weight excluding hydrogens is 373 g/mol. The fraction of sp³-hybridized carbons (Fsp3) is 0.667. The summed E-state index contributed by atoms with van der Waals surface area (Å²) >= 11 is 0. The number of hydrogen-bond acceptors (Lipinski definition) is 5. The van der Waals surface area contributed by atoms with Crippen LogP contribution in [0.4, 0.5) is 13.6 Å². The van der Waals surface area contributed by atoms with Crippen molar-refractivity contribution in [2.75, 3.05) is 0 Å². The first-order chi connectivity index (χ1) is 12.6. The molecule has 1 aliphatic rings. The number of carbonyl (C=O) groups is 1. The summed E-state index contributed by atoms with van der Waals surface area (Å²) in [7, 11) is -0.759. The minimum absolute atomic E-state index is 0.179. The Balaban J connectivity index is 2.42. The van der Waals surface area contributed by atoms with Gasteiger partial charge in [-0.3, -0.25) is 4.90 Å². The molecule has 1 N–H and O–H groups in total. The molecule has 10 heteroatoms. The van der Waals surface area contributed by atoms with Crippen molar-refractivity contribution in [2.24, 2.45) is 0 Å². The average molecular weight is 400 g/mol. The largest absolute Gasteiger partial charge is 0.496 e. The predicted octanol–water partition coefficient (Wildman–Crippen LogP) is 3.26. The van der Waals surface area contributed by atoms with Gasteiger partial charge < -0.3 is 19.2 Å². The number of nitrogens with zero attached hydrogens (tertiary/aromatic N) is 2. The Labute approximate surface area is 164 Å². The smallest absolute Gasteiger partial charge is 0.465 e. The molecule has 0 aliphatic carbocycles. The summed E-state index contributed by atoms with van der Waals surface area (Å²) in [5, 5.41) is 9.53. The number of carboxylic acid groups (broad SMARTS) is 1. The normalized spacial score (nSPS) is 18.4. The zero-order valence-electron chi connectivity index (χ0n) is 17.2. The SMILES string of the molecule is CC(C)(C)N(Cc1cc(B2OC(C)(C)C(C)(C)O2)cnc1OC(F)F)C(=O)O. The van der Waals surface area contributed by atoms with Gasteiger partial charge in [-0.25, -0.2) is 9.78 Å². The molecule has 0 spiro atoms. The highest BCUT2D eigenvalue weighted by Crippen LogP contribution is 2.36. The van der Waals surface area contributed by atoms with Gasteiger partial charge in [0.1, 0.15) is 0 Å². The van der Waals surface area contributed by atoms with Gasteiger partial charge in [0, 0.05) is 22.8 Å². The molecule has 1 aromatic heterocycles. The van der Waals surface area contributed by atoms with Gasteiger partial charge in [-0.1, -0.05) is 6.07 Å². The van der Waals surface area contributed by atoms with Crippen LogP contribution in [0.3, 0.4) is 0 Å². The molecule has 0 saturated carbocycles. The summed E-state index contributed by atoms with van der Waals surface area (Å²) in [4.78, 5) is 16.8. The zero-order chi connectivity index (χ0) is 21.5. The van der Waals surface area contributed by atoms with Crippen LogP contribution in [0.2, 0.25) is 0 Å². The first-order valence-electron chi connectivity index (χ1n) is 8.94. The maximum atomic E-state index is 12.8. The summed E-state index contributed by atoms with van der Waals surface area (Å²) in [6.07, 6.45) is 0.155. The Morgan fingerprint density at radius 2 is 1.82 bits per heavy atom. The number of rotatable bonds is 5. The fourth-order valence-electron chi connectivity index (χ4n) is 2.69. The highest BCUT2D eigenvalue weighted by molar-refractivity contribution is 6.62. The second-order valence-corrected chi connectivity index (χ2v) is 8.74. The molecule has 7 nitrogen and oxygen atoms in total. The Morgan fingerprint density at radius 1 is 1.29 bits per heavy atom. The lowest BCUT2D eigenvalue weighted by Crippen LogP contribution is -2.44. The van der Waals surface area contributed by atoms with Crippen LogP contribution in [0.1, 0.15) is 54.0 Å². The summed E-state index contributed by atoms with van der Waals surface area (Å²) in [5.74, 6) is -0.328. The first-order valence-corrected chi connectivity index (χ1v) is 8.94. The molecule has 0 aromatic carbocycles. The number of ether oxygens (including phenoxy) is 1. The molecule has 1 aromatic rings. The van der Waals surface area contributed by atoms with E-state index in [0.29, 0.717) is 5.46 Å². The topological polar surface area (TPSA) is 81.1 Å². The average Bonchev–Trinajstić information content (AvgIpc) is 2.72. The van der Waals surface area contributed by atoms with Crippen LogP contribution in [-0.4, -0.2) is 51.6 Å². The van der Waals surface area contributed by atoms with E-state index in [1.807, 2.05) is 27.7 Å². The van der Waals surface area contributed by atoms with E-state index in [1.54, 1.807) is 20.8 Å². The second-order valence-electron chi connectivity index (χ2n) is 8.74.